The summed E-state index contributed by atoms with van der Waals surface area (Å²) >= 11 is 0. The average molecular weight is 390 g/mol. The fourth-order valence-electron chi connectivity index (χ4n) is 4.21. The lowest BCUT2D eigenvalue weighted by molar-refractivity contribution is 0.443. The summed E-state index contributed by atoms with van der Waals surface area (Å²) in [4.78, 5) is 20.6. The van der Waals surface area contributed by atoms with Gasteiger partial charge in [0.15, 0.2) is 5.69 Å². The quantitative estimate of drug-likeness (QED) is 0.323. The molecule has 1 saturated carbocycles. The van der Waals surface area contributed by atoms with Gasteiger partial charge in [0, 0.05) is 0 Å². The minimum Gasteiger partial charge on any atom is -0.358 e. The van der Waals surface area contributed by atoms with Crippen molar-refractivity contribution in [2.75, 3.05) is 0 Å². The molecule has 0 unspecified atom stereocenters. The lowest BCUT2D eigenvalue weighted by Crippen LogP contribution is -2.04. The van der Waals surface area contributed by atoms with Gasteiger partial charge < -0.3 is 4.85 Å². The van der Waals surface area contributed by atoms with E-state index in [4.69, 9.17) is 11.8 Å². The van der Waals surface area contributed by atoms with E-state index < -0.39 is 0 Å². The summed E-state index contributed by atoms with van der Waals surface area (Å²) in [5, 5.41) is 9.14. The Bertz CT molecular complexity index is 1340. The number of hydrogen-bond acceptors (Lipinski definition) is 5. The summed E-state index contributed by atoms with van der Waals surface area (Å²) in [6.07, 6.45) is 6.61. The Morgan fingerprint density at radius 2 is 1.53 bits per heavy atom. The summed E-state index contributed by atoms with van der Waals surface area (Å²) in [5.74, 6) is 0.642. The minimum absolute atomic E-state index is 0.0270. The molecule has 2 aromatic carbocycles. The van der Waals surface area contributed by atoms with E-state index in [9.17, 15) is 0 Å². The van der Waals surface area contributed by atoms with Gasteiger partial charge in [-0.1, -0.05) is 61.2 Å². The van der Waals surface area contributed by atoms with Crippen molar-refractivity contribution in [3.8, 4) is 17.2 Å². The van der Waals surface area contributed by atoms with Gasteiger partial charge in [-0.15, -0.1) is 0 Å². The molecule has 0 radical (unpaired) electrons. The average Bonchev–Trinajstić information content (AvgIpc) is 2.82. The SMILES string of the molecule is [C-]#[N+]c1nc2nc3cc(-c4ccc(C5CCCCC5)cc4)ccc3nc2nc1C#N. The van der Waals surface area contributed by atoms with Crippen LogP contribution in [0.2, 0.25) is 0 Å². The second kappa shape index (κ2) is 7.50. The topological polar surface area (TPSA) is 79.7 Å². The molecule has 144 valence electrons. The van der Waals surface area contributed by atoms with E-state index >= 15 is 0 Å². The van der Waals surface area contributed by atoms with Crippen LogP contribution < -0.4 is 0 Å². The van der Waals surface area contributed by atoms with Crippen molar-refractivity contribution in [3.05, 3.63) is 65.1 Å². The molecule has 0 aliphatic heterocycles. The lowest BCUT2D eigenvalue weighted by atomic mass is 9.84. The summed E-state index contributed by atoms with van der Waals surface area (Å²) in [6, 6.07) is 16.6. The highest BCUT2D eigenvalue weighted by atomic mass is 15.0. The van der Waals surface area contributed by atoms with E-state index in [1.54, 1.807) is 0 Å². The van der Waals surface area contributed by atoms with Gasteiger partial charge in [0.05, 0.1) is 11.0 Å². The number of rotatable bonds is 2. The van der Waals surface area contributed by atoms with E-state index in [0.29, 0.717) is 17.0 Å². The number of benzene rings is 2. The van der Waals surface area contributed by atoms with Crippen LogP contribution in [0.5, 0.6) is 0 Å². The fraction of sp³-hybridized carbons (Fsp3) is 0.250. The third-order valence-corrected chi connectivity index (χ3v) is 5.80. The normalized spacial score (nSPS) is 14.5. The Labute approximate surface area is 174 Å². The zero-order valence-electron chi connectivity index (χ0n) is 16.3. The summed E-state index contributed by atoms with van der Waals surface area (Å²) in [6.45, 7) is 7.19. The van der Waals surface area contributed by atoms with Crippen LogP contribution in [-0.4, -0.2) is 19.9 Å². The van der Waals surface area contributed by atoms with Crippen molar-refractivity contribution < 1.29 is 0 Å². The smallest absolute Gasteiger partial charge is 0.308 e. The molecule has 0 N–H and O–H groups in total. The Hall–Kier alpha value is -3.90. The first kappa shape index (κ1) is 18.1. The fourth-order valence-corrected chi connectivity index (χ4v) is 4.21. The third kappa shape index (κ3) is 3.23. The van der Waals surface area contributed by atoms with Crippen LogP contribution in [-0.2, 0) is 0 Å². The zero-order chi connectivity index (χ0) is 20.5. The Morgan fingerprint density at radius 1 is 0.833 bits per heavy atom. The molecule has 1 aliphatic carbocycles. The molecule has 6 heteroatoms. The maximum atomic E-state index is 9.14. The van der Waals surface area contributed by atoms with Gasteiger partial charge in [-0.05, 0) is 47.6 Å². The van der Waals surface area contributed by atoms with Crippen molar-refractivity contribution in [2.24, 2.45) is 0 Å². The Kier molecular flexibility index (Phi) is 4.53. The number of hydrogen-bond donors (Lipinski definition) is 0. The number of nitrogens with zero attached hydrogens (tertiary/aromatic N) is 6. The zero-order valence-corrected chi connectivity index (χ0v) is 16.3. The summed E-state index contributed by atoms with van der Waals surface area (Å²) < 4.78 is 0. The predicted molar refractivity (Wildman–Crippen MR) is 115 cm³/mol. The number of aromatic nitrogens is 4. The van der Waals surface area contributed by atoms with Crippen LogP contribution in [0.25, 0.3) is 38.3 Å². The third-order valence-electron chi connectivity index (χ3n) is 5.80. The van der Waals surface area contributed by atoms with Crippen molar-refractivity contribution in [3.63, 3.8) is 0 Å². The second-order valence-electron chi connectivity index (χ2n) is 7.65. The first-order valence-electron chi connectivity index (χ1n) is 10.1. The van der Waals surface area contributed by atoms with E-state index in [1.807, 2.05) is 24.3 Å². The number of fused-ring (bicyclic) bond motifs is 2. The molecule has 2 aromatic heterocycles. The standard InChI is InChI=1S/C24H18N6/c1-26-22-21(14-25)29-23-24(30-22)28-20-13-18(11-12-19(20)27-23)17-9-7-16(8-10-17)15-5-3-2-4-6-15/h7-13,15H,2-6H2. The highest BCUT2D eigenvalue weighted by Gasteiger charge is 2.16. The van der Waals surface area contributed by atoms with Crippen molar-refractivity contribution >= 4 is 28.1 Å². The maximum Gasteiger partial charge on any atom is 0.308 e. The van der Waals surface area contributed by atoms with Crippen LogP contribution in [0.4, 0.5) is 5.82 Å². The summed E-state index contributed by atoms with van der Waals surface area (Å²) in [7, 11) is 0. The van der Waals surface area contributed by atoms with Gasteiger partial charge in [-0.3, -0.25) is 0 Å². The Balaban J connectivity index is 1.53. The molecule has 0 saturated heterocycles. The van der Waals surface area contributed by atoms with Crippen molar-refractivity contribution in [2.45, 2.75) is 38.0 Å². The van der Waals surface area contributed by atoms with E-state index in [1.165, 1.54) is 37.7 Å². The molecule has 5 rings (SSSR count). The van der Waals surface area contributed by atoms with Crippen LogP contribution in [0.3, 0.4) is 0 Å². The second-order valence-corrected chi connectivity index (χ2v) is 7.65. The van der Waals surface area contributed by atoms with Crippen LogP contribution in [0, 0.1) is 17.9 Å². The molecule has 2 heterocycles. The highest BCUT2D eigenvalue weighted by Crippen LogP contribution is 2.34. The van der Waals surface area contributed by atoms with Gasteiger partial charge in [-0.2, -0.15) is 5.26 Å². The van der Waals surface area contributed by atoms with E-state index in [-0.39, 0.29) is 22.8 Å². The van der Waals surface area contributed by atoms with Gasteiger partial charge in [0.25, 0.3) is 5.65 Å². The van der Waals surface area contributed by atoms with E-state index in [2.05, 4.69) is 49.0 Å². The molecular weight excluding hydrogens is 372 g/mol. The van der Waals surface area contributed by atoms with Crippen LogP contribution in [0.1, 0.15) is 49.3 Å². The summed E-state index contributed by atoms with van der Waals surface area (Å²) in [5.41, 5.74) is 5.50. The minimum atomic E-state index is -0.0480. The maximum absolute atomic E-state index is 9.14. The van der Waals surface area contributed by atoms with E-state index in [0.717, 1.165) is 11.1 Å². The molecular formula is C24H18N6. The van der Waals surface area contributed by atoms with Gasteiger partial charge in [-0.25, -0.2) is 15.0 Å². The lowest BCUT2D eigenvalue weighted by Gasteiger charge is -2.22. The number of nitriles is 1. The van der Waals surface area contributed by atoms with Crippen LogP contribution >= 0.6 is 0 Å². The molecule has 0 atom stereocenters. The predicted octanol–water partition coefficient (Wildman–Crippen LogP) is 5.71. The Morgan fingerprint density at radius 3 is 2.27 bits per heavy atom. The molecule has 0 amide bonds. The molecule has 30 heavy (non-hydrogen) atoms. The monoisotopic (exact) mass is 390 g/mol. The van der Waals surface area contributed by atoms with Gasteiger partial charge in [0.2, 0.25) is 5.65 Å². The van der Waals surface area contributed by atoms with Crippen molar-refractivity contribution in [1.29, 1.82) is 5.26 Å². The largest absolute Gasteiger partial charge is 0.358 e. The molecule has 0 spiro atoms. The first-order chi connectivity index (χ1) is 14.7. The molecule has 0 bridgehead atoms. The molecule has 4 aromatic rings. The molecule has 6 nitrogen and oxygen atoms in total. The molecule has 1 fully saturated rings. The van der Waals surface area contributed by atoms with Crippen LogP contribution in [0.15, 0.2) is 42.5 Å². The van der Waals surface area contributed by atoms with Gasteiger partial charge in [0.1, 0.15) is 6.07 Å². The highest BCUT2D eigenvalue weighted by molar-refractivity contribution is 5.87. The van der Waals surface area contributed by atoms with Crippen molar-refractivity contribution in [1.82, 2.24) is 19.9 Å². The first-order valence-corrected chi connectivity index (χ1v) is 10.1. The van der Waals surface area contributed by atoms with Gasteiger partial charge >= 0.3 is 5.82 Å². The molecule has 1 aliphatic rings.